The van der Waals surface area contributed by atoms with E-state index in [9.17, 15) is 13.6 Å². The minimum absolute atomic E-state index is 0.0265. The van der Waals surface area contributed by atoms with E-state index in [2.05, 4.69) is 10.2 Å². The number of methoxy groups -OCH3 is 1. The maximum absolute atomic E-state index is 13.9. The summed E-state index contributed by atoms with van der Waals surface area (Å²) in [6.45, 7) is 4.53. The summed E-state index contributed by atoms with van der Waals surface area (Å²) in [6.07, 6.45) is 5.55. The molecule has 1 saturated heterocycles. The normalized spacial score (nSPS) is 23.6. The number of nitrogens with zero attached hydrogens (tertiary/aromatic N) is 2. The number of anilines is 1. The summed E-state index contributed by atoms with van der Waals surface area (Å²) in [6, 6.07) is 4.09. The van der Waals surface area contributed by atoms with E-state index in [1.54, 1.807) is 0 Å². The van der Waals surface area contributed by atoms with Crippen molar-refractivity contribution in [3.63, 3.8) is 0 Å². The molecule has 2 fully saturated rings. The van der Waals surface area contributed by atoms with Crippen LogP contribution in [0.3, 0.4) is 0 Å². The summed E-state index contributed by atoms with van der Waals surface area (Å²) in [5, 5.41) is 3.04. The number of halogens is 2. The molecule has 0 radical (unpaired) electrons. The van der Waals surface area contributed by atoms with Gasteiger partial charge in [-0.2, -0.15) is 0 Å². The van der Waals surface area contributed by atoms with E-state index in [0.29, 0.717) is 11.6 Å². The first kappa shape index (κ1) is 21.0. The fraction of sp³-hybridized carbons (Fsp3) is 0.667. The van der Waals surface area contributed by atoms with Crippen molar-refractivity contribution in [2.24, 2.45) is 5.92 Å². The van der Waals surface area contributed by atoms with E-state index in [-0.39, 0.29) is 18.6 Å². The molecule has 0 aromatic heterocycles. The third-order valence-corrected chi connectivity index (χ3v) is 5.96. The number of rotatable bonds is 7. The molecule has 5 nitrogen and oxygen atoms in total. The van der Waals surface area contributed by atoms with E-state index < -0.39 is 11.6 Å². The highest BCUT2D eigenvalue weighted by Gasteiger charge is 2.24. The van der Waals surface area contributed by atoms with Gasteiger partial charge in [-0.3, -0.25) is 9.69 Å². The average molecular weight is 395 g/mol. The number of amides is 1. The van der Waals surface area contributed by atoms with E-state index in [1.807, 2.05) is 4.90 Å². The Hall–Kier alpha value is -1.73. The van der Waals surface area contributed by atoms with Gasteiger partial charge in [0.05, 0.1) is 5.69 Å². The molecule has 1 amide bonds. The molecular formula is C21H31F2N3O2. The van der Waals surface area contributed by atoms with Crippen molar-refractivity contribution in [2.75, 3.05) is 51.3 Å². The van der Waals surface area contributed by atoms with Gasteiger partial charge in [-0.15, -0.1) is 0 Å². The maximum Gasteiger partial charge on any atom is 0.246 e. The summed E-state index contributed by atoms with van der Waals surface area (Å²) in [5.41, 5.74) is 0.495. The fourth-order valence-corrected chi connectivity index (χ4v) is 4.31. The lowest BCUT2D eigenvalue weighted by Crippen LogP contribution is -2.47. The predicted octanol–water partition coefficient (Wildman–Crippen LogP) is 2.80. The molecule has 0 unspecified atom stereocenters. The Bertz CT molecular complexity index is 643. The van der Waals surface area contributed by atoms with Crippen LogP contribution in [0, 0.1) is 17.6 Å². The Labute approximate surface area is 166 Å². The van der Waals surface area contributed by atoms with Crippen molar-refractivity contribution in [1.29, 1.82) is 0 Å². The van der Waals surface area contributed by atoms with Gasteiger partial charge in [0, 0.05) is 45.4 Å². The maximum atomic E-state index is 13.9. The minimum Gasteiger partial charge on any atom is -0.375 e. The molecule has 156 valence electrons. The number of hydrogen-bond donors (Lipinski definition) is 1. The van der Waals surface area contributed by atoms with Gasteiger partial charge in [-0.25, -0.2) is 8.78 Å². The number of carbonyl (C=O) groups excluding carboxylic acids is 1. The summed E-state index contributed by atoms with van der Waals surface area (Å²) in [5.74, 6) is -0.333. The Balaban J connectivity index is 1.34. The summed E-state index contributed by atoms with van der Waals surface area (Å²) in [7, 11) is 1.53. The molecule has 1 N–H and O–H groups in total. The molecule has 1 heterocycles. The molecule has 1 aromatic carbocycles. The Morgan fingerprint density at radius 1 is 1.14 bits per heavy atom. The topological polar surface area (TPSA) is 44.8 Å². The zero-order valence-electron chi connectivity index (χ0n) is 16.6. The average Bonchev–Trinajstić information content (AvgIpc) is 2.68. The third kappa shape index (κ3) is 5.88. The second-order valence-electron chi connectivity index (χ2n) is 7.93. The highest BCUT2D eigenvalue weighted by Crippen LogP contribution is 2.27. The molecular weight excluding hydrogens is 364 g/mol. The quantitative estimate of drug-likeness (QED) is 0.771. The number of benzene rings is 1. The third-order valence-electron chi connectivity index (χ3n) is 5.96. The van der Waals surface area contributed by atoms with Crippen LogP contribution in [0.1, 0.15) is 32.1 Å². The highest BCUT2D eigenvalue weighted by atomic mass is 19.1. The summed E-state index contributed by atoms with van der Waals surface area (Å²) >= 11 is 0. The van der Waals surface area contributed by atoms with Crippen molar-refractivity contribution in [2.45, 2.75) is 38.1 Å². The summed E-state index contributed by atoms with van der Waals surface area (Å²) < 4.78 is 31.9. The van der Waals surface area contributed by atoms with Crippen LogP contribution < -0.4 is 10.2 Å². The van der Waals surface area contributed by atoms with Crippen molar-refractivity contribution >= 4 is 11.6 Å². The standard InChI is InChI=1S/C21H31F2N3O2/c1-28-15-21(27)24-18-5-2-16(3-6-18)8-9-25-10-12-26(13-11-25)20-7-4-17(22)14-19(20)23/h4,7,14,16,18H,2-3,5-6,8-13,15H2,1H3,(H,24,27). The first-order valence-corrected chi connectivity index (χ1v) is 10.3. The number of ether oxygens (including phenoxy) is 1. The van der Waals surface area contributed by atoms with Crippen LogP contribution in [0.15, 0.2) is 18.2 Å². The van der Waals surface area contributed by atoms with Crippen LogP contribution in [0.2, 0.25) is 0 Å². The zero-order valence-corrected chi connectivity index (χ0v) is 16.6. The van der Waals surface area contributed by atoms with Gasteiger partial charge in [-0.1, -0.05) is 0 Å². The van der Waals surface area contributed by atoms with Crippen molar-refractivity contribution < 1.29 is 18.3 Å². The molecule has 1 aliphatic carbocycles. The van der Waals surface area contributed by atoms with Crippen LogP contribution in [0.5, 0.6) is 0 Å². The smallest absolute Gasteiger partial charge is 0.246 e. The lowest BCUT2D eigenvalue weighted by atomic mass is 9.84. The van der Waals surface area contributed by atoms with Gasteiger partial charge >= 0.3 is 0 Å². The van der Waals surface area contributed by atoms with E-state index >= 15 is 0 Å². The zero-order chi connectivity index (χ0) is 19.9. The van der Waals surface area contributed by atoms with Crippen molar-refractivity contribution in [1.82, 2.24) is 10.2 Å². The number of carbonyl (C=O) groups is 1. The molecule has 7 heteroatoms. The largest absolute Gasteiger partial charge is 0.375 e. The first-order valence-electron chi connectivity index (χ1n) is 10.3. The number of nitrogens with one attached hydrogen (secondary N) is 1. The molecule has 0 spiro atoms. The lowest BCUT2D eigenvalue weighted by molar-refractivity contribution is -0.125. The lowest BCUT2D eigenvalue weighted by Gasteiger charge is -2.37. The SMILES string of the molecule is COCC(=O)NC1CCC(CCN2CCN(c3ccc(F)cc3F)CC2)CC1. The summed E-state index contributed by atoms with van der Waals surface area (Å²) in [4.78, 5) is 16.0. The van der Waals surface area contributed by atoms with E-state index in [4.69, 9.17) is 4.74 Å². The first-order chi connectivity index (χ1) is 13.5. The molecule has 28 heavy (non-hydrogen) atoms. The minimum atomic E-state index is -0.534. The van der Waals surface area contributed by atoms with E-state index in [1.165, 1.54) is 25.7 Å². The highest BCUT2D eigenvalue weighted by molar-refractivity contribution is 5.77. The van der Waals surface area contributed by atoms with E-state index in [0.717, 1.165) is 64.5 Å². The Morgan fingerprint density at radius 2 is 1.86 bits per heavy atom. The monoisotopic (exact) mass is 395 g/mol. The van der Waals surface area contributed by atoms with Crippen LogP contribution in [-0.2, 0) is 9.53 Å². The van der Waals surface area contributed by atoms with Crippen LogP contribution >= 0.6 is 0 Å². The van der Waals surface area contributed by atoms with Gasteiger partial charge in [0.15, 0.2) is 0 Å². The van der Waals surface area contributed by atoms with Gasteiger partial charge in [0.25, 0.3) is 0 Å². The Kier molecular flexibility index (Phi) is 7.62. The molecule has 3 rings (SSSR count). The van der Waals surface area contributed by atoms with Crippen molar-refractivity contribution in [3.05, 3.63) is 29.8 Å². The Morgan fingerprint density at radius 3 is 2.50 bits per heavy atom. The van der Waals surface area contributed by atoms with Crippen LogP contribution in [-0.4, -0.2) is 63.3 Å². The molecule has 1 aliphatic heterocycles. The molecule has 2 aliphatic rings. The molecule has 0 bridgehead atoms. The van der Waals surface area contributed by atoms with Crippen LogP contribution in [0.4, 0.5) is 14.5 Å². The number of hydrogen-bond acceptors (Lipinski definition) is 4. The van der Waals surface area contributed by atoms with Gasteiger partial charge in [0.2, 0.25) is 5.91 Å². The fourth-order valence-electron chi connectivity index (χ4n) is 4.31. The van der Waals surface area contributed by atoms with Gasteiger partial charge in [0.1, 0.15) is 18.2 Å². The van der Waals surface area contributed by atoms with Gasteiger partial charge in [-0.05, 0) is 56.7 Å². The van der Waals surface area contributed by atoms with Crippen LogP contribution in [0.25, 0.3) is 0 Å². The molecule has 1 aromatic rings. The molecule has 0 atom stereocenters. The number of piperazine rings is 1. The van der Waals surface area contributed by atoms with Gasteiger partial charge < -0.3 is 15.0 Å². The van der Waals surface area contributed by atoms with Crippen molar-refractivity contribution in [3.8, 4) is 0 Å². The molecule has 1 saturated carbocycles. The second kappa shape index (κ2) is 10.2. The second-order valence-corrected chi connectivity index (χ2v) is 7.93. The predicted molar refractivity (Wildman–Crippen MR) is 105 cm³/mol.